The molecule has 1 rings (SSSR count). The van der Waals surface area contributed by atoms with Gasteiger partial charge in [-0.05, 0) is 38.8 Å². The van der Waals surface area contributed by atoms with E-state index in [0.29, 0.717) is 12.2 Å². The summed E-state index contributed by atoms with van der Waals surface area (Å²) >= 11 is 0. The van der Waals surface area contributed by atoms with Crippen molar-refractivity contribution in [2.45, 2.75) is 46.1 Å². The lowest BCUT2D eigenvalue weighted by molar-refractivity contribution is -0.384. The number of anilines is 1. The average Bonchev–Trinajstić information content (AvgIpc) is 2.46. The zero-order valence-corrected chi connectivity index (χ0v) is 13.0. The molecule has 2 N–H and O–H groups in total. The van der Waals surface area contributed by atoms with Gasteiger partial charge in [0.25, 0.3) is 5.91 Å². The minimum absolute atomic E-state index is 0.0894. The number of hydrogen-bond acceptors (Lipinski definition) is 4. The zero-order chi connectivity index (χ0) is 16.0. The van der Waals surface area contributed by atoms with E-state index in [4.69, 9.17) is 0 Å². The number of hydrogen-bond donors (Lipinski definition) is 2. The third-order valence-electron chi connectivity index (χ3n) is 3.81. The SMILES string of the molecule is CCNc1cccc(C(=O)NC(C)(CC)CC)c1[N+](=O)[O-]. The first-order valence-electron chi connectivity index (χ1n) is 7.22. The van der Waals surface area contributed by atoms with Crippen molar-refractivity contribution in [1.29, 1.82) is 0 Å². The molecule has 6 nitrogen and oxygen atoms in total. The van der Waals surface area contributed by atoms with Gasteiger partial charge in [-0.15, -0.1) is 0 Å². The molecular formula is C15H23N3O3. The molecule has 1 aromatic rings. The van der Waals surface area contributed by atoms with E-state index in [1.807, 2.05) is 27.7 Å². The molecule has 6 heteroatoms. The van der Waals surface area contributed by atoms with Gasteiger partial charge in [-0.2, -0.15) is 0 Å². The van der Waals surface area contributed by atoms with Gasteiger partial charge in [0.2, 0.25) is 0 Å². The van der Waals surface area contributed by atoms with E-state index in [1.54, 1.807) is 12.1 Å². The van der Waals surface area contributed by atoms with Gasteiger partial charge in [0.1, 0.15) is 11.3 Å². The Kier molecular flexibility index (Phi) is 5.69. The van der Waals surface area contributed by atoms with Gasteiger partial charge in [-0.3, -0.25) is 14.9 Å². The van der Waals surface area contributed by atoms with E-state index in [9.17, 15) is 14.9 Å². The van der Waals surface area contributed by atoms with Gasteiger partial charge in [-0.25, -0.2) is 0 Å². The number of carbonyl (C=O) groups excluding carboxylic acids is 1. The Balaban J connectivity index is 3.20. The first-order chi connectivity index (χ1) is 9.88. The molecule has 0 saturated heterocycles. The monoisotopic (exact) mass is 293 g/mol. The molecule has 1 aromatic carbocycles. The standard InChI is InChI=1S/C15H23N3O3/c1-5-15(4,6-2)17-14(19)11-9-8-10-12(16-7-3)13(11)18(20)21/h8-10,16H,5-7H2,1-4H3,(H,17,19). The second kappa shape index (κ2) is 7.06. The minimum atomic E-state index is -0.512. The lowest BCUT2D eigenvalue weighted by Crippen LogP contribution is -2.45. The van der Waals surface area contributed by atoms with Gasteiger partial charge >= 0.3 is 5.69 Å². The molecule has 0 heterocycles. The fraction of sp³-hybridized carbons (Fsp3) is 0.533. The summed E-state index contributed by atoms with van der Waals surface area (Å²) in [7, 11) is 0. The van der Waals surface area contributed by atoms with Crippen LogP contribution in [-0.4, -0.2) is 22.9 Å². The molecule has 0 atom stereocenters. The summed E-state index contributed by atoms with van der Waals surface area (Å²) in [6, 6.07) is 4.74. The lowest BCUT2D eigenvalue weighted by atomic mass is 9.95. The quantitative estimate of drug-likeness (QED) is 0.596. The summed E-state index contributed by atoms with van der Waals surface area (Å²) in [6.07, 6.45) is 1.52. The van der Waals surface area contributed by atoms with Gasteiger partial charge in [0, 0.05) is 12.1 Å². The van der Waals surface area contributed by atoms with Crippen LogP contribution in [0, 0.1) is 10.1 Å². The largest absolute Gasteiger partial charge is 0.380 e. The third kappa shape index (κ3) is 3.93. The number of carbonyl (C=O) groups is 1. The summed E-state index contributed by atoms with van der Waals surface area (Å²) in [5, 5.41) is 17.1. The Morgan fingerprint density at radius 3 is 2.38 bits per heavy atom. The van der Waals surface area contributed by atoms with Crippen molar-refractivity contribution >= 4 is 17.3 Å². The molecule has 0 unspecified atom stereocenters. The van der Waals surface area contributed by atoms with Crippen molar-refractivity contribution in [1.82, 2.24) is 5.32 Å². The van der Waals surface area contributed by atoms with Crippen LogP contribution >= 0.6 is 0 Å². The molecule has 1 amide bonds. The molecule has 0 radical (unpaired) electrons. The van der Waals surface area contributed by atoms with E-state index >= 15 is 0 Å². The molecule has 0 saturated carbocycles. The van der Waals surface area contributed by atoms with E-state index in [0.717, 1.165) is 12.8 Å². The van der Waals surface area contributed by atoms with Crippen LogP contribution in [0.2, 0.25) is 0 Å². The van der Waals surface area contributed by atoms with Crippen molar-refractivity contribution in [3.05, 3.63) is 33.9 Å². The van der Waals surface area contributed by atoms with Crippen molar-refractivity contribution in [2.24, 2.45) is 0 Å². The molecule has 0 spiro atoms. The van der Waals surface area contributed by atoms with E-state index < -0.39 is 10.8 Å². The Hall–Kier alpha value is -2.11. The molecule has 0 aromatic heterocycles. The van der Waals surface area contributed by atoms with Gasteiger partial charge in [0.15, 0.2) is 0 Å². The number of rotatable bonds is 7. The van der Waals surface area contributed by atoms with Crippen molar-refractivity contribution in [3.8, 4) is 0 Å². The molecule has 21 heavy (non-hydrogen) atoms. The lowest BCUT2D eigenvalue weighted by Gasteiger charge is -2.28. The van der Waals surface area contributed by atoms with Crippen LogP contribution in [-0.2, 0) is 0 Å². The summed E-state index contributed by atoms with van der Waals surface area (Å²) in [6.45, 7) is 8.29. The van der Waals surface area contributed by atoms with Crippen LogP contribution in [0.3, 0.4) is 0 Å². The van der Waals surface area contributed by atoms with Crippen molar-refractivity contribution < 1.29 is 9.72 Å². The highest BCUT2D eigenvalue weighted by Gasteiger charge is 2.28. The number of nitrogens with zero attached hydrogens (tertiary/aromatic N) is 1. The van der Waals surface area contributed by atoms with Gasteiger partial charge < -0.3 is 10.6 Å². The second-order valence-electron chi connectivity index (χ2n) is 5.21. The third-order valence-corrected chi connectivity index (χ3v) is 3.81. The number of amides is 1. The molecular weight excluding hydrogens is 270 g/mol. The molecule has 0 aliphatic heterocycles. The number of nitrogens with one attached hydrogen (secondary N) is 2. The first kappa shape index (κ1) is 16.9. The predicted molar refractivity (Wildman–Crippen MR) is 83.7 cm³/mol. The van der Waals surface area contributed by atoms with Gasteiger partial charge in [0.05, 0.1) is 4.92 Å². The highest BCUT2D eigenvalue weighted by molar-refractivity contribution is 6.00. The number of nitro benzene ring substituents is 1. The van der Waals surface area contributed by atoms with Crippen LogP contribution in [0.25, 0.3) is 0 Å². The smallest absolute Gasteiger partial charge is 0.305 e. The maximum atomic E-state index is 12.4. The predicted octanol–water partition coefficient (Wildman–Crippen LogP) is 3.34. The summed E-state index contributed by atoms with van der Waals surface area (Å²) in [5.41, 5.74) is -0.0816. The molecule has 116 valence electrons. The van der Waals surface area contributed by atoms with Crippen LogP contribution < -0.4 is 10.6 Å². The average molecular weight is 293 g/mol. The number of para-hydroxylation sites is 1. The summed E-state index contributed by atoms with van der Waals surface area (Å²) in [4.78, 5) is 23.2. The second-order valence-corrected chi connectivity index (χ2v) is 5.21. The molecule has 0 bridgehead atoms. The van der Waals surface area contributed by atoms with Crippen molar-refractivity contribution in [2.75, 3.05) is 11.9 Å². The maximum Gasteiger partial charge on any atom is 0.305 e. The Morgan fingerprint density at radius 2 is 1.90 bits per heavy atom. The fourth-order valence-corrected chi connectivity index (χ4v) is 2.02. The van der Waals surface area contributed by atoms with Crippen LogP contribution in [0.5, 0.6) is 0 Å². The zero-order valence-electron chi connectivity index (χ0n) is 13.0. The van der Waals surface area contributed by atoms with Crippen LogP contribution in [0.1, 0.15) is 50.9 Å². The first-order valence-corrected chi connectivity index (χ1v) is 7.22. The minimum Gasteiger partial charge on any atom is -0.380 e. The molecule has 0 fully saturated rings. The summed E-state index contributed by atoms with van der Waals surface area (Å²) in [5.74, 6) is -0.410. The summed E-state index contributed by atoms with van der Waals surface area (Å²) < 4.78 is 0. The highest BCUT2D eigenvalue weighted by Crippen LogP contribution is 2.29. The van der Waals surface area contributed by atoms with E-state index in [2.05, 4.69) is 10.6 Å². The topological polar surface area (TPSA) is 84.3 Å². The molecule has 0 aliphatic carbocycles. The number of nitro groups is 1. The van der Waals surface area contributed by atoms with E-state index in [-0.39, 0.29) is 16.8 Å². The van der Waals surface area contributed by atoms with E-state index in [1.165, 1.54) is 6.07 Å². The Morgan fingerprint density at radius 1 is 1.29 bits per heavy atom. The normalized spacial score (nSPS) is 11.0. The van der Waals surface area contributed by atoms with Crippen LogP contribution in [0.15, 0.2) is 18.2 Å². The maximum absolute atomic E-state index is 12.4. The number of benzene rings is 1. The van der Waals surface area contributed by atoms with Gasteiger partial charge in [-0.1, -0.05) is 19.9 Å². The Bertz CT molecular complexity index is 525. The fourth-order valence-electron chi connectivity index (χ4n) is 2.02. The molecule has 0 aliphatic rings. The van der Waals surface area contributed by atoms with Crippen LogP contribution in [0.4, 0.5) is 11.4 Å². The Labute approximate surface area is 125 Å². The van der Waals surface area contributed by atoms with Crippen molar-refractivity contribution in [3.63, 3.8) is 0 Å². The highest BCUT2D eigenvalue weighted by atomic mass is 16.6.